The molecule has 18 heavy (non-hydrogen) atoms. The third kappa shape index (κ3) is 3.79. The van der Waals surface area contributed by atoms with Gasteiger partial charge in [0.15, 0.2) is 0 Å². The van der Waals surface area contributed by atoms with Crippen molar-refractivity contribution in [3.05, 3.63) is 43.6 Å². The molecule has 0 aliphatic carbocycles. The fraction of sp³-hybridized carbons (Fsp3) is 0. The first-order valence-electron chi connectivity index (χ1n) is 4.68. The normalized spacial score (nSPS) is 10.4. The van der Waals surface area contributed by atoms with Crippen LogP contribution in [0.5, 0.6) is 0 Å². The average molecular weight is 660 g/mol. The van der Waals surface area contributed by atoms with Crippen LogP contribution in [0.15, 0.2) is 28.1 Å². The molecule has 2 nitrogen and oxygen atoms in total. The van der Waals surface area contributed by atoms with E-state index in [0.717, 1.165) is 16.6 Å². The number of carbonyl (C=O) groups is 1. The summed E-state index contributed by atoms with van der Waals surface area (Å²) in [6, 6.07) is 7.78. The van der Waals surface area contributed by atoms with Gasteiger partial charge in [0.2, 0.25) is 0 Å². The van der Waals surface area contributed by atoms with E-state index in [9.17, 15) is 4.79 Å². The molecule has 1 amide bonds. The average Bonchev–Trinajstić information content (AvgIpc) is 2.70. The topological polar surface area (TPSA) is 29.1 Å². The van der Waals surface area contributed by atoms with Crippen LogP contribution >= 0.6 is 95.0 Å². The van der Waals surface area contributed by atoms with Gasteiger partial charge in [0.05, 0.1) is 14.4 Å². The van der Waals surface area contributed by atoms with Gasteiger partial charge in [-0.1, -0.05) is 0 Å². The number of carbonyl (C=O) groups excluding carboxylic acids is 1. The Kier molecular flexibility index (Phi) is 5.73. The molecular formula is C11H5BrI3NOS. The number of hydrogen-bond donors (Lipinski definition) is 1. The van der Waals surface area contributed by atoms with Crippen LogP contribution in [0.2, 0.25) is 0 Å². The molecule has 1 aromatic carbocycles. The van der Waals surface area contributed by atoms with E-state index in [-0.39, 0.29) is 5.91 Å². The van der Waals surface area contributed by atoms with Gasteiger partial charge in [0, 0.05) is 10.7 Å². The van der Waals surface area contributed by atoms with Gasteiger partial charge in [-0.3, -0.25) is 4.79 Å². The largest absolute Gasteiger partial charge is 0.319 e. The van der Waals surface area contributed by atoms with Crippen LogP contribution in [0.4, 0.5) is 5.69 Å². The highest BCUT2D eigenvalue weighted by Crippen LogP contribution is 2.29. The SMILES string of the molecule is O=C(Nc1c(I)cc(I)cc1I)c1ccc(Br)s1. The molecule has 2 rings (SSSR count). The quantitative estimate of drug-likeness (QED) is 0.420. The number of rotatable bonds is 2. The Morgan fingerprint density at radius 1 is 1.17 bits per heavy atom. The summed E-state index contributed by atoms with van der Waals surface area (Å²) >= 11 is 11.5. The summed E-state index contributed by atoms with van der Waals surface area (Å²) in [7, 11) is 0. The Balaban J connectivity index is 2.27. The molecule has 0 aliphatic rings. The van der Waals surface area contributed by atoms with Gasteiger partial charge in [-0.2, -0.15) is 0 Å². The van der Waals surface area contributed by atoms with Crippen LogP contribution < -0.4 is 5.32 Å². The van der Waals surface area contributed by atoms with E-state index in [1.807, 2.05) is 24.3 Å². The zero-order valence-corrected chi connectivity index (χ0v) is 17.5. The highest BCUT2D eigenvalue weighted by Gasteiger charge is 2.13. The minimum atomic E-state index is -0.0669. The van der Waals surface area contributed by atoms with Crippen molar-refractivity contribution < 1.29 is 4.79 Å². The number of thiophene rings is 1. The fourth-order valence-corrected chi connectivity index (χ4v) is 6.41. The fourth-order valence-electron chi connectivity index (χ4n) is 1.27. The van der Waals surface area contributed by atoms with Gasteiger partial charge >= 0.3 is 0 Å². The maximum atomic E-state index is 12.1. The van der Waals surface area contributed by atoms with E-state index in [2.05, 4.69) is 89.0 Å². The molecule has 0 saturated heterocycles. The second-order valence-corrected chi connectivity index (χ2v) is 9.34. The molecule has 1 N–H and O–H groups in total. The summed E-state index contributed by atoms with van der Waals surface area (Å²) < 4.78 is 4.22. The van der Waals surface area contributed by atoms with E-state index in [4.69, 9.17) is 0 Å². The van der Waals surface area contributed by atoms with Crippen LogP contribution in [0.1, 0.15) is 9.67 Å². The lowest BCUT2D eigenvalue weighted by Gasteiger charge is -2.09. The Labute approximate surface area is 158 Å². The van der Waals surface area contributed by atoms with Crippen molar-refractivity contribution >= 4 is 107 Å². The number of amides is 1. The van der Waals surface area contributed by atoms with Crippen molar-refractivity contribution in [1.29, 1.82) is 0 Å². The molecular weight excluding hydrogens is 655 g/mol. The zero-order valence-electron chi connectivity index (χ0n) is 8.64. The van der Waals surface area contributed by atoms with E-state index in [1.165, 1.54) is 14.9 Å². The molecule has 0 spiro atoms. The first-order chi connectivity index (χ1) is 8.47. The van der Waals surface area contributed by atoms with Crippen LogP contribution in [0.3, 0.4) is 0 Å². The van der Waals surface area contributed by atoms with E-state index >= 15 is 0 Å². The molecule has 0 radical (unpaired) electrons. The summed E-state index contributed by atoms with van der Waals surface area (Å²) in [5.74, 6) is -0.0669. The van der Waals surface area contributed by atoms with Gasteiger partial charge in [-0.15, -0.1) is 11.3 Å². The smallest absolute Gasteiger partial charge is 0.265 e. The van der Waals surface area contributed by atoms with Crippen LogP contribution in [0, 0.1) is 10.7 Å². The van der Waals surface area contributed by atoms with Crippen molar-refractivity contribution in [2.45, 2.75) is 0 Å². The van der Waals surface area contributed by atoms with Crippen molar-refractivity contribution in [3.8, 4) is 0 Å². The van der Waals surface area contributed by atoms with E-state index in [1.54, 1.807) is 0 Å². The van der Waals surface area contributed by atoms with Gasteiger partial charge in [0.1, 0.15) is 0 Å². The third-order valence-electron chi connectivity index (χ3n) is 2.04. The monoisotopic (exact) mass is 659 g/mol. The molecule has 7 heteroatoms. The molecule has 1 aromatic heterocycles. The lowest BCUT2D eigenvalue weighted by molar-refractivity contribution is 0.103. The molecule has 0 saturated carbocycles. The molecule has 0 bridgehead atoms. The highest BCUT2D eigenvalue weighted by atomic mass is 127. The van der Waals surface area contributed by atoms with Crippen LogP contribution in [-0.4, -0.2) is 5.91 Å². The number of hydrogen-bond acceptors (Lipinski definition) is 2. The van der Waals surface area contributed by atoms with Crippen molar-refractivity contribution in [3.63, 3.8) is 0 Å². The van der Waals surface area contributed by atoms with Crippen molar-refractivity contribution in [2.24, 2.45) is 0 Å². The Morgan fingerprint density at radius 3 is 2.28 bits per heavy atom. The number of anilines is 1. The van der Waals surface area contributed by atoms with Gasteiger partial charge in [0.25, 0.3) is 5.91 Å². The molecule has 1 heterocycles. The van der Waals surface area contributed by atoms with Gasteiger partial charge in [-0.25, -0.2) is 0 Å². The van der Waals surface area contributed by atoms with Crippen molar-refractivity contribution in [2.75, 3.05) is 5.32 Å². The van der Waals surface area contributed by atoms with Crippen LogP contribution in [0.25, 0.3) is 0 Å². The molecule has 2 aromatic rings. The number of nitrogens with one attached hydrogen (secondary N) is 1. The summed E-state index contributed by atoms with van der Waals surface area (Å²) in [5.41, 5.74) is 0.881. The van der Waals surface area contributed by atoms with Gasteiger partial charge in [-0.05, 0) is 108 Å². The molecule has 0 atom stereocenters. The maximum Gasteiger partial charge on any atom is 0.265 e. The first-order valence-corrected chi connectivity index (χ1v) is 9.53. The Bertz CT molecular complexity index is 591. The van der Waals surface area contributed by atoms with Crippen LogP contribution in [-0.2, 0) is 0 Å². The zero-order chi connectivity index (χ0) is 13.3. The van der Waals surface area contributed by atoms with Gasteiger partial charge < -0.3 is 5.32 Å². The highest BCUT2D eigenvalue weighted by molar-refractivity contribution is 14.1. The first kappa shape index (κ1) is 15.4. The molecule has 0 unspecified atom stereocenters. The third-order valence-corrected chi connectivity index (χ3v) is 5.99. The predicted octanol–water partition coefficient (Wildman–Crippen LogP) is 5.58. The van der Waals surface area contributed by atoms with Crippen molar-refractivity contribution in [1.82, 2.24) is 0 Å². The Morgan fingerprint density at radius 2 is 1.78 bits per heavy atom. The number of halogens is 4. The molecule has 94 valence electrons. The minimum absolute atomic E-state index is 0.0669. The summed E-state index contributed by atoms with van der Waals surface area (Å²) in [5, 5.41) is 2.97. The summed E-state index contributed by atoms with van der Waals surface area (Å²) in [6.45, 7) is 0. The standard InChI is InChI=1S/C11H5BrI3NOS/c12-9-2-1-8(18-9)11(17)16-10-6(14)3-5(13)4-7(10)15/h1-4H,(H,16,17). The minimum Gasteiger partial charge on any atom is -0.319 e. The second-order valence-electron chi connectivity index (χ2n) is 3.30. The lowest BCUT2D eigenvalue weighted by Crippen LogP contribution is -2.12. The second kappa shape index (κ2) is 6.68. The lowest BCUT2D eigenvalue weighted by atomic mass is 10.3. The molecule has 0 fully saturated rings. The number of benzene rings is 1. The molecule has 0 aliphatic heterocycles. The summed E-state index contributed by atoms with van der Waals surface area (Å²) in [6.07, 6.45) is 0. The predicted molar refractivity (Wildman–Crippen MR) is 105 cm³/mol. The van der Waals surface area contributed by atoms with E-state index < -0.39 is 0 Å². The maximum absolute atomic E-state index is 12.1. The van der Waals surface area contributed by atoms with E-state index in [0.29, 0.717) is 4.88 Å². The summed E-state index contributed by atoms with van der Waals surface area (Å²) in [4.78, 5) is 12.8. The Hall–Kier alpha value is 1.06.